The van der Waals surface area contributed by atoms with Crippen LogP contribution in [0.1, 0.15) is 21.7 Å². The lowest BCUT2D eigenvalue weighted by atomic mass is 10.2. The number of rotatable bonds is 6. The zero-order valence-electron chi connectivity index (χ0n) is 15.6. The lowest BCUT2D eigenvalue weighted by molar-refractivity contribution is 0.0954. The van der Waals surface area contributed by atoms with Crippen LogP contribution < -0.4 is 5.32 Å². The molecule has 0 saturated heterocycles. The second kappa shape index (κ2) is 8.57. The molecule has 0 spiro atoms. The van der Waals surface area contributed by atoms with Gasteiger partial charge in [0.1, 0.15) is 11.6 Å². The summed E-state index contributed by atoms with van der Waals surface area (Å²) in [6, 6.07) is 21.8. The minimum absolute atomic E-state index is 0.222. The van der Waals surface area contributed by atoms with Crippen LogP contribution in [-0.4, -0.2) is 22.0 Å². The highest BCUT2D eigenvalue weighted by Crippen LogP contribution is 2.19. The quantitative estimate of drug-likeness (QED) is 0.450. The van der Waals surface area contributed by atoms with Crippen LogP contribution >= 0.6 is 15.9 Å². The molecule has 3 aromatic carbocycles. The Morgan fingerprint density at radius 2 is 1.72 bits per heavy atom. The van der Waals surface area contributed by atoms with Crippen molar-refractivity contribution < 1.29 is 9.18 Å². The monoisotopic (exact) mass is 451 g/mol. The van der Waals surface area contributed by atoms with Gasteiger partial charge in [0.2, 0.25) is 0 Å². The Balaban J connectivity index is 1.51. The molecule has 1 N–H and O–H groups in total. The molecule has 4 aromatic rings. The molecule has 1 heterocycles. The molecule has 0 unspecified atom stereocenters. The average molecular weight is 452 g/mol. The Bertz CT molecular complexity index is 1140. The van der Waals surface area contributed by atoms with Gasteiger partial charge in [0.05, 0.1) is 11.0 Å². The molecule has 0 radical (unpaired) electrons. The fourth-order valence-corrected chi connectivity index (χ4v) is 3.52. The first-order valence-corrected chi connectivity index (χ1v) is 10.1. The van der Waals surface area contributed by atoms with Gasteiger partial charge in [-0.2, -0.15) is 0 Å². The predicted octanol–water partition coefficient (Wildman–Crippen LogP) is 4.96. The summed E-state index contributed by atoms with van der Waals surface area (Å²) < 4.78 is 16.3. The Morgan fingerprint density at radius 1 is 1.00 bits per heavy atom. The summed E-state index contributed by atoms with van der Waals surface area (Å²) in [5.41, 5.74) is 3.61. The highest BCUT2D eigenvalue weighted by molar-refractivity contribution is 9.10. The fraction of sp³-hybridized carbons (Fsp3) is 0.130. The molecule has 0 saturated carbocycles. The molecule has 1 amide bonds. The number of benzene rings is 3. The Kier molecular flexibility index (Phi) is 5.71. The first-order valence-electron chi connectivity index (χ1n) is 9.32. The third kappa shape index (κ3) is 4.54. The lowest BCUT2D eigenvalue weighted by Crippen LogP contribution is -2.26. The number of hydrogen-bond donors (Lipinski definition) is 1. The van der Waals surface area contributed by atoms with Crippen molar-refractivity contribution >= 4 is 32.9 Å². The lowest BCUT2D eigenvalue weighted by Gasteiger charge is -2.10. The number of nitrogens with zero attached hydrogens (tertiary/aromatic N) is 2. The van der Waals surface area contributed by atoms with E-state index in [2.05, 4.69) is 44.0 Å². The van der Waals surface area contributed by atoms with E-state index in [0.717, 1.165) is 21.3 Å². The molecule has 0 atom stereocenters. The van der Waals surface area contributed by atoms with Crippen LogP contribution in [0, 0.1) is 5.82 Å². The molecule has 0 bridgehead atoms. The number of aromatic nitrogens is 2. The molecular formula is C23H19BrFN3O. The van der Waals surface area contributed by atoms with Crippen molar-refractivity contribution in [3.8, 4) is 0 Å². The number of carbonyl (C=O) groups is 1. The molecule has 146 valence electrons. The van der Waals surface area contributed by atoms with Crippen LogP contribution in [-0.2, 0) is 13.0 Å². The minimum atomic E-state index is -0.358. The van der Waals surface area contributed by atoms with E-state index >= 15 is 0 Å². The molecule has 0 aliphatic rings. The van der Waals surface area contributed by atoms with Crippen molar-refractivity contribution in [1.29, 1.82) is 0 Å². The normalized spacial score (nSPS) is 11.0. The van der Waals surface area contributed by atoms with Gasteiger partial charge in [0, 0.05) is 29.5 Å². The van der Waals surface area contributed by atoms with E-state index < -0.39 is 0 Å². The second-order valence-corrected chi connectivity index (χ2v) is 7.66. The van der Waals surface area contributed by atoms with Crippen molar-refractivity contribution in [2.45, 2.75) is 13.0 Å². The molecule has 0 fully saturated rings. The Morgan fingerprint density at radius 3 is 2.48 bits per heavy atom. The number of para-hydroxylation sites is 2. The van der Waals surface area contributed by atoms with E-state index in [-0.39, 0.29) is 11.7 Å². The second-order valence-electron chi connectivity index (χ2n) is 6.74. The van der Waals surface area contributed by atoms with Gasteiger partial charge in [-0.3, -0.25) is 4.79 Å². The number of halogens is 2. The number of fused-ring (bicyclic) bond motifs is 1. The summed E-state index contributed by atoms with van der Waals surface area (Å²) in [7, 11) is 0. The smallest absolute Gasteiger partial charge is 0.251 e. The summed E-state index contributed by atoms with van der Waals surface area (Å²) >= 11 is 3.47. The topological polar surface area (TPSA) is 46.9 Å². The third-order valence-corrected chi connectivity index (χ3v) is 5.26. The molecule has 4 rings (SSSR count). The van der Waals surface area contributed by atoms with E-state index in [1.165, 1.54) is 29.8 Å². The van der Waals surface area contributed by atoms with Gasteiger partial charge in [0.25, 0.3) is 5.91 Å². The summed E-state index contributed by atoms with van der Waals surface area (Å²) in [6.45, 7) is 1.15. The maximum absolute atomic E-state index is 13.0. The SMILES string of the molecule is O=C(NCCc1nc2ccccc2n1Cc1ccc(Br)cc1)c1ccc(F)cc1. The highest BCUT2D eigenvalue weighted by atomic mass is 79.9. The van der Waals surface area contributed by atoms with E-state index in [1.54, 1.807) is 0 Å². The number of amides is 1. The first-order chi connectivity index (χ1) is 14.1. The van der Waals surface area contributed by atoms with E-state index in [0.29, 0.717) is 25.1 Å². The van der Waals surface area contributed by atoms with Crippen molar-refractivity contribution in [1.82, 2.24) is 14.9 Å². The van der Waals surface area contributed by atoms with Gasteiger partial charge in [-0.25, -0.2) is 9.37 Å². The minimum Gasteiger partial charge on any atom is -0.352 e. The van der Waals surface area contributed by atoms with Gasteiger partial charge in [0.15, 0.2) is 0 Å². The van der Waals surface area contributed by atoms with Crippen molar-refractivity contribution in [3.05, 3.63) is 100 Å². The zero-order valence-corrected chi connectivity index (χ0v) is 17.2. The molecule has 1 aromatic heterocycles. The predicted molar refractivity (Wildman–Crippen MR) is 115 cm³/mol. The van der Waals surface area contributed by atoms with Crippen molar-refractivity contribution in [3.63, 3.8) is 0 Å². The highest BCUT2D eigenvalue weighted by Gasteiger charge is 2.12. The zero-order chi connectivity index (χ0) is 20.2. The van der Waals surface area contributed by atoms with E-state index in [1.807, 2.05) is 30.3 Å². The number of imidazole rings is 1. The molecular weight excluding hydrogens is 433 g/mol. The fourth-order valence-electron chi connectivity index (χ4n) is 3.26. The van der Waals surface area contributed by atoms with Gasteiger partial charge >= 0.3 is 0 Å². The number of nitrogens with one attached hydrogen (secondary N) is 1. The van der Waals surface area contributed by atoms with E-state index in [4.69, 9.17) is 4.98 Å². The van der Waals surface area contributed by atoms with Gasteiger partial charge in [-0.1, -0.05) is 40.2 Å². The van der Waals surface area contributed by atoms with Crippen LogP contribution in [0.4, 0.5) is 4.39 Å². The Hall–Kier alpha value is -2.99. The van der Waals surface area contributed by atoms with E-state index in [9.17, 15) is 9.18 Å². The first kappa shape index (κ1) is 19.3. The summed E-state index contributed by atoms with van der Waals surface area (Å²) in [5.74, 6) is 0.331. The average Bonchev–Trinajstić information content (AvgIpc) is 3.07. The summed E-state index contributed by atoms with van der Waals surface area (Å²) in [6.07, 6.45) is 0.595. The van der Waals surface area contributed by atoms with Crippen LogP contribution in [0.15, 0.2) is 77.3 Å². The standard InChI is InChI=1S/C23H19BrFN3O/c24-18-9-5-16(6-10-18)15-28-21-4-2-1-3-20(21)27-22(28)13-14-26-23(29)17-7-11-19(25)12-8-17/h1-12H,13-15H2,(H,26,29). The van der Waals surface area contributed by atoms with Crippen LogP contribution in [0.5, 0.6) is 0 Å². The molecule has 0 aliphatic heterocycles. The Labute approximate surface area is 176 Å². The van der Waals surface area contributed by atoms with Crippen molar-refractivity contribution in [2.24, 2.45) is 0 Å². The third-order valence-electron chi connectivity index (χ3n) is 4.73. The van der Waals surface area contributed by atoms with Crippen LogP contribution in [0.2, 0.25) is 0 Å². The molecule has 0 aliphatic carbocycles. The maximum Gasteiger partial charge on any atom is 0.251 e. The van der Waals surface area contributed by atoms with Crippen molar-refractivity contribution in [2.75, 3.05) is 6.54 Å². The molecule has 29 heavy (non-hydrogen) atoms. The summed E-state index contributed by atoms with van der Waals surface area (Å²) in [5, 5.41) is 2.89. The molecule has 6 heteroatoms. The number of hydrogen-bond acceptors (Lipinski definition) is 2. The van der Waals surface area contributed by atoms with Crippen LogP contribution in [0.3, 0.4) is 0 Å². The number of carbonyl (C=O) groups excluding carboxylic acids is 1. The van der Waals surface area contributed by atoms with Crippen LogP contribution in [0.25, 0.3) is 11.0 Å². The van der Waals surface area contributed by atoms with Gasteiger partial charge in [-0.05, 0) is 54.1 Å². The molecule has 4 nitrogen and oxygen atoms in total. The van der Waals surface area contributed by atoms with Gasteiger partial charge < -0.3 is 9.88 Å². The summed E-state index contributed by atoms with van der Waals surface area (Å²) in [4.78, 5) is 17.0. The maximum atomic E-state index is 13.0. The largest absolute Gasteiger partial charge is 0.352 e. The van der Waals surface area contributed by atoms with Gasteiger partial charge in [-0.15, -0.1) is 0 Å².